The minimum atomic E-state index is -0.253. The number of morpholine rings is 1. The number of aryl methyl sites for hydroxylation is 1. The minimum Gasteiger partial charge on any atom is -0.379 e. The van der Waals surface area contributed by atoms with E-state index in [4.69, 9.17) is 4.74 Å². The van der Waals surface area contributed by atoms with Crippen LogP contribution in [0.5, 0.6) is 0 Å². The Kier molecular flexibility index (Phi) is 5.68. The van der Waals surface area contributed by atoms with Crippen LogP contribution in [0.25, 0.3) is 0 Å². The normalized spacial score (nSPS) is 22.4. The number of nitrogens with zero attached hydrogens (tertiary/aromatic N) is 2. The summed E-state index contributed by atoms with van der Waals surface area (Å²) in [5, 5.41) is 2.89. The lowest BCUT2D eigenvalue weighted by molar-refractivity contribution is 0.0252. The van der Waals surface area contributed by atoms with Gasteiger partial charge in [0.1, 0.15) is 5.82 Å². The summed E-state index contributed by atoms with van der Waals surface area (Å²) in [6, 6.07) is 4.58. The molecule has 6 heteroatoms. The Bertz CT molecular complexity index is 575. The number of urea groups is 1. The summed E-state index contributed by atoms with van der Waals surface area (Å²) >= 11 is 0. The number of carbonyl (C=O) groups excluding carboxylic acids is 1. The molecule has 0 spiro atoms. The molecule has 0 aromatic heterocycles. The molecule has 0 radical (unpaired) electrons. The summed E-state index contributed by atoms with van der Waals surface area (Å²) in [6.45, 7) is 7.87. The van der Waals surface area contributed by atoms with E-state index in [1.54, 1.807) is 19.1 Å². The predicted molar refractivity (Wildman–Crippen MR) is 91.7 cm³/mol. The molecule has 5 nitrogen and oxygen atoms in total. The maximum atomic E-state index is 13.3. The van der Waals surface area contributed by atoms with Crippen LogP contribution in [0.2, 0.25) is 0 Å². The van der Waals surface area contributed by atoms with Crippen LogP contribution in [0.4, 0.5) is 14.9 Å². The molecule has 1 aromatic rings. The highest BCUT2D eigenvalue weighted by Crippen LogP contribution is 2.20. The Morgan fingerprint density at radius 2 is 2.12 bits per heavy atom. The molecule has 1 atom stereocenters. The maximum Gasteiger partial charge on any atom is 0.321 e. The van der Waals surface area contributed by atoms with Crippen molar-refractivity contribution >= 4 is 11.7 Å². The molecule has 0 saturated carbocycles. The molecule has 3 rings (SSSR count). The molecule has 2 amide bonds. The number of nitrogens with one attached hydrogen (secondary N) is 1. The largest absolute Gasteiger partial charge is 0.379 e. The van der Waals surface area contributed by atoms with Crippen molar-refractivity contribution in [2.75, 3.05) is 51.3 Å². The molecule has 1 aromatic carbocycles. The number of piperidine rings is 1. The molecule has 2 saturated heterocycles. The van der Waals surface area contributed by atoms with Gasteiger partial charge in [-0.3, -0.25) is 4.90 Å². The van der Waals surface area contributed by atoms with E-state index in [1.165, 1.54) is 6.07 Å². The van der Waals surface area contributed by atoms with Gasteiger partial charge in [0.05, 0.1) is 13.2 Å². The van der Waals surface area contributed by atoms with Crippen LogP contribution in [-0.2, 0) is 4.74 Å². The van der Waals surface area contributed by atoms with Gasteiger partial charge >= 0.3 is 6.03 Å². The van der Waals surface area contributed by atoms with Gasteiger partial charge in [-0.2, -0.15) is 0 Å². The van der Waals surface area contributed by atoms with Crippen molar-refractivity contribution < 1.29 is 13.9 Å². The van der Waals surface area contributed by atoms with E-state index in [2.05, 4.69) is 10.2 Å². The first kappa shape index (κ1) is 17.2. The van der Waals surface area contributed by atoms with Crippen molar-refractivity contribution in [2.45, 2.75) is 19.8 Å². The summed E-state index contributed by atoms with van der Waals surface area (Å²) in [6.07, 6.45) is 2.20. The summed E-state index contributed by atoms with van der Waals surface area (Å²) < 4.78 is 18.7. The van der Waals surface area contributed by atoms with Gasteiger partial charge in [0.15, 0.2) is 0 Å². The van der Waals surface area contributed by atoms with E-state index < -0.39 is 0 Å². The molecule has 2 heterocycles. The molecule has 2 aliphatic rings. The molecule has 24 heavy (non-hydrogen) atoms. The van der Waals surface area contributed by atoms with Gasteiger partial charge in [-0.25, -0.2) is 9.18 Å². The smallest absolute Gasteiger partial charge is 0.321 e. The van der Waals surface area contributed by atoms with Gasteiger partial charge in [-0.15, -0.1) is 0 Å². The standard InChI is InChI=1S/C18H26FN3O2/c1-14-11-16(4-5-17(14)19)20-18(23)22-6-2-3-15(13-22)12-21-7-9-24-10-8-21/h4-5,11,15H,2-3,6-10,12-13H2,1H3,(H,20,23)/t15-/m1/s1. The number of rotatable bonds is 3. The second kappa shape index (κ2) is 7.94. The quantitative estimate of drug-likeness (QED) is 0.924. The summed E-state index contributed by atoms with van der Waals surface area (Å²) in [5.41, 5.74) is 1.19. The first-order valence-corrected chi connectivity index (χ1v) is 8.74. The fraction of sp³-hybridized carbons (Fsp3) is 0.611. The highest BCUT2D eigenvalue weighted by atomic mass is 19.1. The number of hydrogen-bond acceptors (Lipinski definition) is 3. The average molecular weight is 335 g/mol. The number of carbonyl (C=O) groups is 1. The van der Waals surface area contributed by atoms with Crippen LogP contribution in [0.3, 0.4) is 0 Å². The van der Waals surface area contributed by atoms with Gasteiger partial charge in [0.25, 0.3) is 0 Å². The second-order valence-corrected chi connectivity index (χ2v) is 6.76. The lowest BCUT2D eigenvalue weighted by Gasteiger charge is -2.36. The van der Waals surface area contributed by atoms with E-state index in [1.807, 2.05) is 4.90 Å². The fourth-order valence-electron chi connectivity index (χ4n) is 3.47. The number of likely N-dealkylation sites (tertiary alicyclic amines) is 1. The molecular weight excluding hydrogens is 309 g/mol. The average Bonchev–Trinajstić information content (AvgIpc) is 2.59. The lowest BCUT2D eigenvalue weighted by Crippen LogP contribution is -2.47. The molecule has 2 aliphatic heterocycles. The Labute approximate surface area is 142 Å². The van der Waals surface area contributed by atoms with Crippen LogP contribution in [0.1, 0.15) is 18.4 Å². The van der Waals surface area contributed by atoms with Crippen molar-refractivity contribution in [1.82, 2.24) is 9.80 Å². The maximum absolute atomic E-state index is 13.3. The van der Waals surface area contributed by atoms with Crippen LogP contribution < -0.4 is 5.32 Å². The Hall–Kier alpha value is -1.66. The number of halogens is 1. The SMILES string of the molecule is Cc1cc(NC(=O)N2CCC[C@H](CN3CCOCC3)C2)ccc1F. The molecule has 0 bridgehead atoms. The molecule has 2 fully saturated rings. The van der Waals surface area contributed by atoms with Crippen molar-refractivity contribution in [3.8, 4) is 0 Å². The molecule has 0 unspecified atom stereocenters. The van der Waals surface area contributed by atoms with Gasteiger partial charge in [0, 0.05) is 38.4 Å². The van der Waals surface area contributed by atoms with E-state index in [9.17, 15) is 9.18 Å². The highest BCUT2D eigenvalue weighted by molar-refractivity contribution is 5.89. The lowest BCUT2D eigenvalue weighted by atomic mass is 9.97. The van der Waals surface area contributed by atoms with Gasteiger partial charge < -0.3 is 15.0 Å². The zero-order valence-corrected chi connectivity index (χ0v) is 14.3. The van der Waals surface area contributed by atoms with Crippen LogP contribution in [0, 0.1) is 18.7 Å². The second-order valence-electron chi connectivity index (χ2n) is 6.76. The third-order valence-electron chi connectivity index (χ3n) is 4.84. The first-order chi connectivity index (χ1) is 11.6. The third kappa shape index (κ3) is 4.45. The molecule has 1 N–H and O–H groups in total. The number of hydrogen-bond donors (Lipinski definition) is 1. The van der Waals surface area contributed by atoms with Crippen molar-refractivity contribution in [2.24, 2.45) is 5.92 Å². The van der Waals surface area contributed by atoms with Crippen LogP contribution >= 0.6 is 0 Å². The molecule has 132 valence electrons. The van der Waals surface area contributed by atoms with Gasteiger partial charge in [0.2, 0.25) is 0 Å². The van der Waals surface area contributed by atoms with Gasteiger partial charge in [-0.05, 0) is 49.4 Å². The van der Waals surface area contributed by atoms with Gasteiger partial charge in [-0.1, -0.05) is 0 Å². The first-order valence-electron chi connectivity index (χ1n) is 8.74. The number of amides is 2. The van der Waals surface area contributed by atoms with Crippen molar-refractivity contribution in [3.63, 3.8) is 0 Å². The Morgan fingerprint density at radius 1 is 1.33 bits per heavy atom. The van der Waals surface area contributed by atoms with Crippen LogP contribution in [-0.4, -0.2) is 61.8 Å². The predicted octanol–water partition coefficient (Wildman–Crippen LogP) is 2.71. The topological polar surface area (TPSA) is 44.8 Å². The van der Waals surface area contributed by atoms with E-state index in [0.29, 0.717) is 17.2 Å². The molecular formula is C18H26FN3O2. The van der Waals surface area contributed by atoms with E-state index in [-0.39, 0.29) is 11.8 Å². The monoisotopic (exact) mass is 335 g/mol. The van der Waals surface area contributed by atoms with E-state index >= 15 is 0 Å². The summed E-state index contributed by atoms with van der Waals surface area (Å²) in [7, 11) is 0. The van der Waals surface area contributed by atoms with E-state index in [0.717, 1.165) is 58.8 Å². The summed E-state index contributed by atoms with van der Waals surface area (Å²) in [4.78, 5) is 16.8. The molecule has 0 aliphatic carbocycles. The number of anilines is 1. The van der Waals surface area contributed by atoms with Crippen molar-refractivity contribution in [3.05, 3.63) is 29.6 Å². The fourth-order valence-corrected chi connectivity index (χ4v) is 3.47. The zero-order chi connectivity index (χ0) is 16.9. The number of benzene rings is 1. The zero-order valence-electron chi connectivity index (χ0n) is 14.3. The minimum absolute atomic E-state index is 0.0901. The van der Waals surface area contributed by atoms with Crippen molar-refractivity contribution in [1.29, 1.82) is 0 Å². The Balaban J connectivity index is 1.53. The van der Waals surface area contributed by atoms with Crippen LogP contribution in [0.15, 0.2) is 18.2 Å². The highest BCUT2D eigenvalue weighted by Gasteiger charge is 2.26. The number of ether oxygens (including phenoxy) is 1. The Morgan fingerprint density at radius 3 is 2.88 bits per heavy atom. The summed E-state index contributed by atoms with van der Waals surface area (Å²) in [5.74, 6) is 0.258. The third-order valence-corrected chi connectivity index (χ3v) is 4.84.